The van der Waals surface area contributed by atoms with E-state index in [2.05, 4.69) is 10.2 Å². The predicted molar refractivity (Wildman–Crippen MR) is 101 cm³/mol. The number of amides is 1. The molecule has 26 heavy (non-hydrogen) atoms. The first kappa shape index (κ1) is 17.7. The van der Waals surface area contributed by atoms with Crippen molar-refractivity contribution in [2.24, 2.45) is 0 Å². The van der Waals surface area contributed by atoms with Crippen LogP contribution in [0.4, 0.5) is 0 Å². The zero-order chi connectivity index (χ0) is 17.8. The molecule has 1 amide bonds. The van der Waals surface area contributed by atoms with E-state index < -0.39 is 0 Å². The molecule has 1 N–H and O–H groups in total. The second kappa shape index (κ2) is 8.30. The molecular weight excluding hydrogens is 328 g/mol. The summed E-state index contributed by atoms with van der Waals surface area (Å²) in [5, 5.41) is 3.25. The van der Waals surface area contributed by atoms with Gasteiger partial charge in [0.1, 0.15) is 13.2 Å². The Morgan fingerprint density at radius 3 is 2.54 bits per heavy atom. The molecule has 1 aromatic rings. The van der Waals surface area contributed by atoms with Crippen molar-refractivity contribution in [1.29, 1.82) is 0 Å². The Morgan fingerprint density at radius 2 is 1.73 bits per heavy atom. The number of likely N-dealkylation sites (tertiary alicyclic amines) is 1. The van der Waals surface area contributed by atoms with Gasteiger partial charge in [0.25, 0.3) is 5.91 Å². The first-order valence-corrected chi connectivity index (χ1v) is 10.2. The third-order valence-electron chi connectivity index (χ3n) is 5.93. The fraction of sp³-hybridized carbons (Fsp3) is 0.667. The number of benzene rings is 1. The van der Waals surface area contributed by atoms with Crippen molar-refractivity contribution in [2.45, 2.75) is 63.5 Å². The van der Waals surface area contributed by atoms with Crippen molar-refractivity contribution < 1.29 is 14.3 Å². The number of piperidine rings is 1. The Morgan fingerprint density at radius 1 is 0.962 bits per heavy atom. The molecule has 0 bridgehead atoms. The second-order valence-corrected chi connectivity index (χ2v) is 7.81. The molecule has 0 aromatic heterocycles. The smallest absolute Gasteiger partial charge is 0.251 e. The van der Waals surface area contributed by atoms with Crippen LogP contribution in [0, 0.1) is 0 Å². The number of fused-ring (bicyclic) bond motifs is 1. The number of hydrogen-bond acceptors (Lipinski definition) is 4. The molecule has 0 unspecified atom stereocenters. The van der Waals surface area contributed by atoms with E-state index in [1.54, 1.807) is 6.07 Å². The van der Waals surface area contributed by atoms with Crippen molar-refractivity contribution in [2.75, 3.05) is 26.3 Å². The van der Waals surface area contributed by atoms with Crippen LogP contribution in [0.15, 0.2) is 18.2 Å². The van der Waals surface area contributed by atoms with E-state index in [4.69, 9.17) is 9.47 Å². The van der Waals surface area contributed by atoms with Crippen molar-refractivity contribution in [3.63, 3.8) is 0 Å². The van der Waals surface area contributed by atoms with Crippen molar-refractivity contribution >= 4 is 5.91 Å². The maximum atomic E-state index is 12.7. The quantitative estimate of drug-likeness (QED) is 0.842. The zero-order valence-corrected chi connectivity index (χ0v) is 15.5. The van der Waals surface area contributed by atoms with Gasteiger partial charge in [-0.1, -0.05) is 25.7 Å². The minimum Gasteiger partial charge on any atom is -0.486 e. The number of rotatable bonds is 3. The van der Waals surface area contributed by atoms with Crippen LogP contribution in [0.2, 0.25) is 0 Å². The van der Waals surface area contributed by atoms with Crippen LogP contribution >= 0.6 is 0 Å². The molecule has 1 saturated heterocycles. The number of carbonyl (C=O) groups is 1. The second-order valence-electron chi connectivity index (χ2n) is 7.81. The summed E-state index contributed by atoms with van der Waals surface area (Å²) >= 11 is 0. The van der Waals surface area contributed by atoms with Gasteiger partial charge < -0.3 is 14.8 Å². The normalized spacial score (nSPS) is 24.7. The molecule has 1 atom stereocenters. The highest BCUT2D eigenvalue weighted by Gasteiger charge is 2.27. The first-order chi connectivity index (χ1) is 12.8. The van der Waals surface area contributed by atoms with E-state index in [0.717, 1.165) is 18.7 Å². The maximum Gasteiger partial charge on any atom is 0.251 e. The third-order valence-corrected chi connectivity index (χ3v) is 5.93. The van der Waals surface area contributed by atoms with Gasteiger partial charge in [-0.15, -0.1) is 0 Å². The van der Waals surface area contributed by atoms with E-state index in [0.29, 0.717) is 30.6 Å². The van der Waals surface area contributed by atoms with E-state index in [1.807, 2.05) is 12.1 Å². The van der Waals surface area contributed by atoms with Gasteiger partial charge in [-0.25, -0.2) is 0 Å². The Hall–Kier alpha value is -1.75. The highest BCUT2D eigenvalue weighted by Crippen LogP contribution is 2.31. The number of ether oxygens (including phenoxy) is 2. The van der Waals surface area contributed by atoms with Gasteiger partial charge in [0, 0.05) is 24.2 Å². The summed E-state index contributed by atoms with van der Waals surface area (Å²) in [7, 11) is 0. The summed E-state index contributed by atoms with van der Waals surface area (Å²) in [5.74, 6) is 1.40. The highest BCUT2D eigenvalue weighted by molar-refractivity contribution is 5.95. The van der Waals surface area contributed by atoms with Crippen molar-refractivity contribution in [3.05, 3.63) is 23.8 Å². The highest BCUT2D eigenvalue weighted by atomic mass is 16.6. The first-order valence-electron chi connectivity index (χ1n) is 10.2. The van der Waals surface area contributed by atoms with Crippen LogP contribution in [0.25, 0.3) is 0 Å². The van der Waals surface area contributed by atoms with E-state index >= 15 is 0 Å². The minimum absolute atomic E-state index is 0.00492. The number of carbonyl (C=O) groups excluding carboxylic acids is 1. The molecular formula is C21H30N2O3. The predicted octanol–water partition coefficient (Wildman–Crippen LogP) is 3.37. The third kappa shape index (κ3) is 4.14. The fourth-order valence-corrected chi connectivity index (χ4v) is 4.53. The molecule has 5 nitrogen and oxygen atoms in total. The average Bonchev–Trinajstić information content (AvgIpc) is 2.97. The summed E-state index contributed by atoms with van der Waals surface area (Å²) in [6.45, 7) is 3.27. The van der Waals surface area contributed by atoms with Crippen LogP contribution in [-0.2, 0) is 0 Å². The largest absolute Gasteiger partial charge is 0.486 e. The van der Waals surface area contributed by atoms with Crippen LogP contribution in [0.1, 0.15) is 61.7 Å². The molecule has 2 heterocycles. The molecule has 2 fully saturated rings. The van der Waals surface area contributed by atoms with Crippen molar-refractivity contribution in [3.8, 4) is 11.5 Å². The van der Waals surface area contributed by atoms with Gasteiger partial charge in [-0.2, -0.15) is 0 Å². The summed E-state index contributed by atoms with van der Waals surface area (Å²) in [4.78, 5) is 15.3. The Kier molecular flexibility index (Phi) is 5.63. The molecule has 1 aliphatic carbocycles. The lowest BCUT2D eigenvalue weighted by atomic mass is 9.99. The molecule has 1 aromatic carbocycles. The van der Waals surface area contributed by atoms with Crippen LogP contribution in [0.5, 0.6) is 11.5 Å². The molecule has 0 radical (unpaired) electrons. The van der Waals surface area contributed by atoms with Gasteiger partial charge >= 0.3 is 0 Å². The van der Waals surface area contributed by atoms with E-state index in [-0.39, 0.29) is 11.9 Å². The van der Waals surface area contributed by atoms with Crippen LogP contribution in [0.3, 0.4) is 0 Å². The minimum atomic E-state index is -0.00492. The Balaban J connectivity index is 1.36. The fourth-order valence-electron chi connectivity index (χ4n) is 4.53. The van der Waals surface area contributed by atoms with Gasteiger partial charge in [-0.05, 0) is 50.4 Å². The van der Waals surface area contributed by atoms with Gasteiger partial charge in [0.2, 0.25) is 0 Å². The van der Waals surface area contributed by atoms with E-state index in [9.17, 15) is 4.79 Å². The van der Waals surface area contributed by atoms with Crippen LogP contribution < -0.4 is 14.8 Å². The molecule has 1 saturated carbocycles. The summed E-state index contributed by atoms with van der Waals surface area (Å²) < 4.78 is 11.1. The lowest BCUT2D eigenvalue weighted by Gasteiger charge is -2.38. The molecule has 2 aliphatic heterocycles. The van der Waals surface area contributed by atoms with Crippen molar-refractivity contribution in [1.82, 2.24) is 10.2 Å². The standard InChI is InChI=1S/C21H30N2O3/c24-21(16-9-10-19-20(14-16)26-13-12-25-19)22-17-6-5-11-23(15-17)18-7-3-1-2-4-8-18/h9-10,14,17-18H,1-8,11-13,15H2,(H,22,24)/t17-/m1/s1. The number of nitrogens with one attached hydrogen (secondary N) is 1. The zero-order valence-electron chi connectivity index (χ0n) is 15.5. The summed E-state index contributed by atoms with van der Waals surface area (Å²) in [6.07, 6.45) is 10.4. The molecule has 5 heteroatoms. The lowest BCUT2D eigenvalue weighted by Crippen LogP contribution is -2.50. The Bertz CT molecular complexity index is 626. The molecule has 142 valence electrons. The average molecular weight is 358 g/mol. The molecule has 3 aliphatic rings. The molecule has 0 spiro atoms. The monoisotopic (exact) mass is 358 g/mol. The summed E-state index contributed by atoms with van der Waals surface area (Å²) in [5.41, 5.74) is 0.654. The maximum absolute atomic E-state index is 12.7. The Labute approximate surface area is 156 Å². The number of nitrogens with zero attached hydrogens (tertiary/aromatic N) is 1. The lowest BCUT2D eigenvalue weighted by molar-refractivity contribution is 0.0859. The van der Waals surface area contributed by atoms with Gasteiger partial charge in [0.05, 0.1) is 0 Å². The van der Waals surface area contributed by atoms with Gasteiger partial charge in [-0.3, -0.25) is 9.69 Å². The number of hydrogen-bond donors (Lipinski definition) is 1. The SMILES string of the molecule is O=C(N[C@@H]1CCCN(C2CCCCCC2)C1)c1ccc2c(c1)OCCO2. The van der Waals surface area contributed by atoms with E-state index in [1.165, 1.54) is 51.5 Å². The molecule has 4 rings (SSSR count). The summed E-state index contributed by atoms with van der Waals surface area (Å²) in [6, 6.07) is 6.42. The van der Waals surface area contributed by atoms with Gasteiger partial charge in [0.15, 0.2) is 11.5 Å². The van der Waals surface area contributed by atoms with Crippen LogP contribution in [-0.4, -0.2) is 49.2 Å². The topological polar surface area (TPSA) is 50.8 Å².